The molecule has 2 aromatic heterocycles. The van der Waals surface area contributed by atoms with Crippen LogP contribution in [0.4, 0.5) is 10.3 Å². The Hall–Kier alpha value is -2.02. The SMILES string of the molecule is Cc1ccc2nc(NC(=O)CCOC(C)(C)C)n(CCF)c2n1. The number of imidazole rings is 1. The zero-order valence-electron chi connectivity index (χ0n) is 14.0. The van der Waals surface area contributed by atoms with Crippen molar-refractivity contribution in [3.63, 3.8) is 0 Å². The number of halogens is 1. The number of aryl methyl sites for hydroxylation is 2. The number of nitrogens with zero attached hydrogens (tertiary/aromatic N) is 3. The quantitative estimate of drug-likeness (QED) is 0.888. The lowest BCUT2D eigenvalue weighted by atomic mass is 10.2. The third-order valence-electron chi connectivity index (χ3n) is 3.15. The molecule has 0 aromatic carbocycles. The van der Waals surface area contributed by atoms with E-state index in [1.54, 1.807) is 4.57 Å². The van der Waals surface area contributed by atoms with Gasteiger partial charge in [-0.2, -0.15) is 0 Å². The van der Waals surface area contributed by atoms with Crippen LogP contribution in [0.5, 0.6) is 0 Å². The van der Waals surface area contributed by atoms with Crippen molar-refractivity contribution < 1.29 is 13.9 Å². The van der Waals surface area contributed by atoms with Gasteiger partial charge in [0.1, 0.15) is 12.2 Å². The summed E-state index contributed by atoms with van der Waals surface area (Å²) in [5, 5.41) is 2.72. The van der Waals surface area contributed by atoms with E-state index in [4.69, 9.17) is 4.74 Å². The zero-order valence-corrected chi connectivity index (χ0v) is 14.0. The summed E-state index contributed by atoms with van der Waals surface area (Å²) in [4.78, 5) is 20.7. The van der Waals surface area contributed by atoms with Crippen LogP contribution >= 0.6 is 0 Å². The van der Waals surface area contributed by atoms with Gasteiger partial charge in [0, 0.05) is 5.69 Å². The van der Waals surface area contributed by atoms with Gasteiger partial charge in [0.25, 0.3) is 0 Å². The Balaban J connectivity index is 2.12. The number of hydrogen-bond acceptors (Lipinski definition) is 4. The molecule has 7 heteroatoms. The third kappa shape index (κ3) is 4.72. The number of ether oxygens (including phenoxy) is 1. The van der Waals surface area contributed by atoms with E-state index < -0.39 is 6.67 Å². The highest BCUT2D eigenvalue weighted by atomic mass is 19.1. The summed E-state index contributed by atoms with van der Waals surface area (Å²) < 4.78 is 19.9. The molecule has 2 rings (SSSR count). The van der Waals surface area contributed by atoms with Crippen molar-refractivity contribution in [3.05, 3.63) is 17.8 Å². The van der Waals surface area contributed by atoms with Crippen LogP contribution in [0.1, 0.15) is 32.9 Å². The van der Waals surface area contributed by atoms with Crippen LogP contribution in [-0.4, -0.2) is 39.3 Å². The maximum Gasteiger partial charge on any atom is 0.229 e. The van der Waals surface area contributed by atoms with Gasteiger partial charge in [-0.3, -0.25) is 14.7 Å². The van der Waals surface area contributed by atoms with Gasteiger partial charge < -0.3 is 4.74 Å². The lowest BCUT2D eigenvalue weighted by molar-refractivity contribution is -0.118. The lowest BCUT2D eigenvalue weighted by Crippen LogP contribution is -2.23. The van der Waals surface area contributed by atoms with Gasteiger partial charge in [0.15, 0.2) is 5.65 Å². The van der Waals surface area contributed by atoms with Crippen LogP contribution < -0.4 is 5.32 Å². The Kier molecular flexibility index (Phi) is 5.30. The average Bonchev–Trinajstić information content (AvgIpc) is 2.75. The molecule has 126 valence electrons. The second-order valence-electron chi connectivity index (χ2n) is 6.33. The summed E-state index contributed by atoms with van der Waals surface area (Å²) in [6.45, 7) is 7.50. The molecular weight excluding hydrogens is 299 g/mol. The van der Waals surface area contributed by atoms with Gasteiger partial charge in [-0.05, 0) is 39.8 Å². The average molecular weight is 322 g/mol. The second-order valence-corrected chi connectivity index (χ2v) is 6.33. The third-order valence-corrected chi connectivity index (χ3v) is 3.15. The van der Waals surface area contributed by atoms with E-state index in [9.17, 15) is 9.18 Å². The van der Waals surface area contributed by atoms with Crippen molar-refractivity contribution in [2.45, 2.75) is 46.3 Å². The standard InChI is InChI=1S/C16H23FN4O2/c1-11-5-6-12-14(18-11)21(9-8-17)15(19-12)20-13(22)7-10-23-16(2,3)4/h5-6H,7-10H2,1-4H3,(H,19,20,22). The van der Waals surface area contributed by atoms with Gasteiger partial charge in [0.2, 0.25) is 11.9 Å². The Morgan fingerprint density at radius 1 is 1.35 bits per heavy atom. The summed E-state index contributed by atoms with van der Waals surface area (Å²) in [5.74, 6) is 0.0953. The van der Waals surface area contributed by atoms with Gasteiger partial charge >= 0.3 is 0 Å². The molecule has 6 nitrogen and oxygen atoms in total. The molecule has 0 saturated heterocycles. The topological polar surface area (TPSA) is 69.0 Å². The first-order valence-electron chi connectivity index (χ1n) is 7.64. The molecule has 0 bridgehead atoms. The monoisotopic (exact) mass is 322 g/mol. The Labute approximate surface area is 135 Å². The molecule has 0 spiro atoms. The number of pyridine rings is 1. The summed E-state index contributed by atoms with van der Waals surface area (Å²) >= 11 is 0. The van der Waals surface area contributed by atoms with E-state index >= 15 is 0 Å². The molecule has 1 amide bonds. The normalized spacial score (nSPS) is 11.9. The van der Waals surface area contributed by atoms with Gasteiger partial charge in [0.05, 0.1) is 25.2 Å². The molecule has 23 heavy (non-hydrogen) atoms. The van der Waals surface area contributed by atoms with Crippen molar-refractivity contribution in [3.8, 4) is 0 Å². The molecule has 2 aromatic rings. The number of nitrogens with one attached hydrogen (secondary N) is 1. The van der Waals surface area contributed by atoms with E-state index in [1.165, 1.54) is 0 Å². The summed E-state index contributed by atoms with van der Waals surface area (Å²) in [7, 11) is 0. The van der Waals surface area contributed by atoms with Crippen molar-refractivity contribution >= 4 is 23.0 Å². The number of anilines is 1. The molecule has 0 saturated carbocycles. The molecule has 0 aliphatic carbocycles. The van der Waals surface area contributed by atoms with E-state index in [1.807, 2.05) is 39.8 Å². The number of aromatic nitrogens is 3. The predicted molar refractivity (Wildman–Crippen MR) is 87.2 cm³/mol. The molecule has 0 aliphatic heterocycles. The van der Waals surface area contributed by atoms with Crippen molar-refractivity contribution in [1.29, 1.82) is 0 Å². The minimum absolute atomic E-state index is 0.0983. The maximum atomic E-state index is 12.8. The van der Waals surface area contributed by atoms with E-state index in [2.05, 4.69) is 15.3 Å². The zero-order chi connectivity index (χ0) is 17.0. The van der Waals surface area contributed by atoms with Crippen LogP contribution in [0.25, 0.3) is 11.2 Å². The van der Waals surface area contributed by atoms with Gasteiger partial charge in [-0.15, -0.1) is 0 Å². The van der Waals surface area contributed by atoms with Crippen LogP contribution in [-0.2, 0) is 16.1 Å². The highest BCUT2D eigenvalue weighted by molar-refractivity contribution is 5.91. The number of amides is 1. The number of rotatable bonds is 6. The number of carbonyl (C=O) groups is 1. The Morgan fingerprint density at radius 2 is 2.09 bits per heavy atom. The molecule has 0 fully saturated rings. The van der Waals surface area contributed by atoms with Crippen molar-refractivity contribution in [2.75, 3.05) is 18.6 Å². The first-order chi connectivity index (χ1) is 10.8. The largest absolute Gasteiger partial charge is 0.375 e. The van der Waals surface area contributed by atoms with Crippen molar-refractivity contribution in [2.24, 2.45) is 0 Å². The van der Waals surface area contributed by atoms with Crippen LogP contribution in [0, 0.1) is 6.92 Å². The molecule has 0 unspecified atom stereocenters. The van der Waals surface area contributed by atoms with Gasteiger partial charge in [-0.25, -0.2) is 14.4 Å². The van der Waals surface area contributed by atoms with Crippen molar-refractivity contribution in [1.82, 2.24) is 14.5 Å². The summed E-state index contributed by atoms with van der Waals surface area (Å²) in [6.07, 6.45) is 0.211. The number of carbonyl (C=O) groups excluding carboxylic acids is 1. The number of hydrogen-bond donors (Lipinski definition) is 1. The molecule has 1 N–H and O–H groups in total. The fourth-order valence-corrected chi connectivity index (χ4v) is 2.13. The smallest absolute Gasteiger partial charge is 0.229 e. The molecule has 0 radical (unpaired) electrons. The maximum absolute atomic E-state index is 12.8. The molecule has 0 atom stereocenters. The molecule has 2 heterocycles. The fourth-order valence-electron chi connectivity index (χ4n) is 2.13. The highest BCUT2D eigenvalue weighted by Gasteiger charge is 2.16. The summed E-state index contributed by atoms with van der Waals surface area (Å²) in [5.41, 5.74) is 1.73. The Morgan fingerprint density at radius 3 is 2.74 bits per heavy atom. The minimum atomic E-state index is -0.558. The van der Waals surface area contributed by atoms with Gasteiger partial charge in [-0.1, -0.05) is 0 Å². The second kappa shape index (κ2) is 7.04. The van der Waals surface area contributed by atoms with Crippen LogP contribution in [0.2, 0.25) is 0 Å². The lowest BCUT2D eigenvalue weighted by Gasteiger charge is -2.19. The fraction of sp³-hybridized carbons (Fsp3) is 0.562. The van der Waals surface area contributed by atoms with E-state index in [-0.39, 0.29) is 24.5 Å². The molecule has 0 aliphatic rings. The van der Waals surface area contributed by atoms with E-state index in [0.717, 1.165) is 5.69 Å². The summed E-state index contributed by atoms with van der Waals surface area (Å²) in [6, 6.07) is 3.64. The Bertz CT molecular complexity index is 691. The number of alkyl halides is 1. The van der Waals surface area contributed by atoms with Crippen LogP contribution in [0.15, 0.2) is 12.1 Å². The first-order valence-corrected chi connectivity index (χ1v) is 7.64. The number of fused-ring (bicyclic) bond motifs is 1. The predicted octanol–water partition coefficient (Wildman–Crippen LogP) is 2.85. The van der Waals surface area contributed by atoms with E-state index in [0.29, 0.717) is 23.7 Å². The minimum Gasteiger partial charge on any atom is -0.375 e. The van der Waals surface area contributed by atoms with Crippen LogP contribution in [0.3, 0.4) is 0 Å². The molecular formula is C16H23FN4O2. The first kappa shape index (κ1) is 17.3. The highest BCUT2D eigenvalue weighted by Crippen LogP contribution is 2.19.